The van der Waals surface area contributed by atoms with Crippen LogP contribution in [-0.2, 0) is 0 Å². The number of rotatable bonds is 4. The van der Waals surface area contributed by atoms with Crippen LogP contribution in [0.5, 0.6) is 0 Å². The zero-order valence-electron chi connectivity index (χ0n) is 14.8. The molecule has 0 radical (unpaired) electrons. The lowest BCUT2D eigenvalue weighted by atomic mass is 10.1. The molecule has 26 heavy (non-hydrogen) atoms. The van der Waals surface area contributed by atoms with E-state index in [4.69, 9.17) is 0 Å². The highest BCUT2D eigenvalue weighted by Crippen LogP contribution is 2.25. The van der Waals surface area contributed by atoms with E-state index in [2.05, 4.69) is 31.7 Å². The first-order valence-corrected chi connectivity index (χ1v) is 8.94. The predicted molar refractivity (Wildman–Crippen MR) is 102 cm³/mol. The van der Waals surface area contributed by atoms with Gasteiger partial charge in [-0.15, -0.1) is 5.10 Å². The number of pyridine rings is 1. The summed E-state index contributed by atoms with van der Waals surface area (Å²) in [6.07, 6.45) is 5.65. The maximum Gasteiger partial charge on any atom is 0.251 e. The van der Waals surface area contributed by atoms with E-state index < -0.39 is 0 Å². The molecule has 1 amide bonds. The molecular weight excluding hydrogens is 328 g/mol. The van der Waals surface area contributed by atoms with E-state index in [1.807, 2.05) is 28.9 Å². The van der Waals surface area contributed by atoms with Crippen molar-refractivity contribution in [3.63, 3.8) is 0 Å². The number of hydrogen-bond donors (Lipinski definition) is 2. The summed E-state index contributed by atoms with van der Waals surface area (Å²) in [5, 5.41) is 10.4. The van der Waals surface area contributed by atoms with Gasteiger partial charge in [-0.2, -0.15) is 4.98 Å². The third-order valence-corrected chi connectivity index (χ3v) is 4.67. The lowest BCUT2D eigenvalue weighted by Gasteiger charge is -2.28. The summed E-state index contributed by atoms with van der Waals surface area (Å²) in [5.74, 6) is 0.440. The normalized spacial score (nSPS) is 14.4. The molecule has 1 saturated heterocycles. The summed E-state index contributed by atoms with van der Waals surface area (Å²) >= 11 is 0. The first kappa shape index (κ1) is 16.4. The molecule has 7 heteroatoms. The van der Waals surface area contributed by atoms with Crippen LogP contribution in [0.3, 0.4) is 0 Å². The van der Waals surface area contributed by atoms with Crippen LogP contribution < -0.4 is 15.5 Å². The number of carbonyl (C=O) groups is 1. The number of carbonyl (C=O) groups excluding carboxylic acids is 1. The molecule has 0 unspecified atom stereocenters. The van der Waals surface area contributed by atoms with Gasteiger partial charge in [0.2, 0.25) is 5.95 Å². The molecule has 7 nitrogen and oxygen atoms in total. The number of aromatic nitrogens is 3. The zero-order chi connectivity index (χ0) is 17.9. The summed E-state index contributed by atoms with van der Waals surface area (Å²) in [5.41, 5.74) is 3.45. The van der Waals surface area contributed by atoms with Crippen LogP contribution in [0.4, 0.5) is 17.3 Å². The summed E-state index contributed by atoms with van der Waals surface area (Å²) in [4.78, 5) is 18.7. The molecule has 134 valence electrons. The smallest absolute Gasteiger partial charge is 0.251 e. The molecular formula is C19H22N6O. The minimum absolute atomic E-state index is 0.103. The highest BCUT2D eigenvalue weighted by atomic mass is 16.1. The number of anilines is 3. The number of fused-ring (bicyclic) bond motifs is 1. The molecule has 0 aliphatic carbocycles. The van der Waals surface area contributed by atoms with E-state index in [9.17, 15) is 4.79 Å². The van der Waals surface area contributed by atoms with Crippen LogP contribution in [-0.4, -0.2) is 40.6 Å². The van der Waals surface area contributed by atoms with E-state index in [1.165, 1.54) is 19.3 Å². The molecule has 2 N–H and O–H groups in total. The van der Waals surface area contributed by atoms with Gasteiger partial charge in [0.05, 0.1) is 5.69 Å². The van der Waals surface area contributed by atoms with Gasteiger partial charge >= 0.3 is 0 Å². The Hall–Kier alpha value is -3.09. The monoisotopic (exact) mass is 350 g/mol. The van der Waals surface area contributed by atoms with Crippen LogP contribution in [0.1, 0.15) is 29.6 Å². The van der Waals surface area contributed by atoms with E-state index in [1.54, 1.807) is 19.2 Å². The Labute approximate surface area is 152 Å². The summed E-state index contributed by atoms with van der Waals surface area (Å²) in [6, 6.07) is 11.4. The molecule has 0 saturated carbocycles. The van der Waals surface area contributed by atoms with Gasteiger partial charge in [0.15, 0.2) is 5.65 Å². The molecule has 0 spiro atoms. The van der Waals surface area contributed by atoms with Gasteiger partial charge in [-0.25, -0.2) is 4.52 Å². The van der Waals surface area contributed by atoms with Gasteiger partial charge in [-0.1, -0.05) is 0 Å². The number of amides is 1. The van der Waals surface area contributed by atoms with Crippen molar-refractivity contribution in [1.29, 1.82) is 0 Å². The summed E-state index contributed by atoms with van der Waals surface area (Å²) in [6.45, 7) is 2.13. The average Bonchev–Trinajstić information content (AvgIpc) is 3.11. The molecule has 4 rings (SSSR count). The molecule has 3 aromatic rings. The number of nitrogens with zero attached hydrogens (tertiary/aromatic N) is 4. The van der Waals surface area contributed by atoms with Gasteiger partial charge in [0.1, 0.15) is 0 Å². The highest BCUT2D eigenvalue weighted by molar-refractivity contribution is 5.94. The SMILES string of the molecule is CNC(=O)c1ccc(Nc2nc3c(N4CCCCC4)cccn3n2)cc1. The Morgan fingerprint density at radius 1 is 1.08 bits per heavy atom. The molecule has 0 atom stereocenters. The number of nitrogens with one attached hydrogen (secondary N) is 2. The fourth-order valence-corrected chi connectivity index (χ4v) is 3.31. The third kappa shape index (κ3) is 3.20. The lowest BCUT2D eigenvalue weighted by molar-refractivity contribution is 0.0963. The Kier molecular flexibility index (Phi) is 4.43. The second-order valence-corrected chi connectivity index (χ2v) is 6.43. The zero-order valence-corrected chi connectivity index (χ0v) is 14.8. The maximum atomic E-state index is 11.6. The van der Waals surface area contributed by atoms with E-state index in [-0.39, 0.29) is 5.91 Å². The predicted octanol–water partition coefficient (Wildman–Crippen LogP) is 2.82. The van der Waals surface area contributed by atoms with Crippen LogP contribution in [0.25, 0.3) is 5.65 Å². The minimum Gasteiger partial charge on any atom is -0.368 e. The van der Waals surface area contributed by atoms with Crippen molar-refractivity contribution in [2.45, 2.75) is 19.3 Å². The van der Waals surface area contributed by atoms with Crippen molar-refractivity contribution < 1.29 is 4.79 Å². The lowest BCUT2D eigenvalue weighted by Crippen LogP contribution is -2.29. The van der Waals surface area contributed by atoms with Gasteiger partial charge < -0.3 is 15.5 Å². The largest absolute Gasteiger partial charge is 0.368 e. The van der Waals surface area contributed by atoms with Crippen molar-refractivity contribution in [3.05, 3.63) is 48.2 Å². The van der Waals surface area contributed by atoms with Gasteiger partial charge in [-0.05, 0) is 55.7 Å². The summed E-state index contributed by atoms with van der Waals surface area (Å²) < 4.78 is 1.81. The van der Waals surface area contributed by atoms with Crippen molar-refractivity contribution >= 4 is 28.9 Å². The maximum absolute atomic E-state index is 11.6. The molecule has 1 aromatic carbocycles. The van der Waals surface area contributed by atoms with Gasteiger partial charge in [0.25, 0.3) is 5.91 Å². The van der Waals surface area contributed by atoms with Crippen molar-refractivity contribution in [2.24, 2.45) is 0 Å². The fourth-order valence-electron chi connectivity index (χ4n) is 3.31. The first-order valence-electron chi connectivity index (χ1n) is 8.94. The van der Waals surface area contributed by atoms with Gasteiger partial charge in [0, 0.05) is 37.6 Å². The average molecular weight is 350 g/mol. The molecule has 0 bridgehead atoms. The molecule has 1 aliphatic heterocycles. The second-order valence-electron chi connectivity index (χ2n) is 6.43. The Morgan fingerprint density at radius 2 is 1.85 bits per heavy atom. The Bertz CT molecular complexity index is 911. The fraction of sp³-hybridized carbons (Fsp3) is 0.316. The van der Waals surface area contributed by atoms with E-state index >= 15 is 0 Å². The van der Waals surface area contributed by atoms with Crippen molar-refractivity contribution in [2.75, 3.05) is 30.4 Å². The number of piperidine rings is 1. The van der Waals surface area contributed by atoms with E-state index in [0.29, 0.717) is 11.5 Å². The van der Waals surface area contributed by atoms with Crippen LogP contribution in [0.15, 0.2) is 42.6 Å². The Morgan fingerprint density at radius 3 is 2.58 bits per heavy atom. The molecule has 1 aliphatic rings. The molecule has 2 aromatic heterocycles. The minimum atomic E-state index is -0.103. The summed E-state index contributed by atoms with van der Waals surface area (Å²) in [7, 11) is 1.62. The third-order valence-electron chi connectivity index (χ3n) is 4.67. The Balaban J connectivity index is 1.58. The van der Waals surface area contributed by atoms with Crippen LogP contribution in [0.2, 0.25) is 0 Å². The number of hydrogen-bond acceptors (Lipinski definition) is 5. The van der Waals surface area contributed by atoms with Crippen LogP contribution in [0, 0.1) is 0 Å². The second kappa shape index (κ2) is 7.03. The number of benzene rings is 1. The topological polar surface area (TPSA) is 74.6 Å². The molecule has 1 fully saturated rings. The standard InChI is InChI=1S/C19H22N6O/c1-20-18(26)14-7-9-15(10-8-14)21-19-22-17-16(6-5-13-25(17)23-19)24-11-3-2-4-12-24/h5-10,13H,2-4,11-12H2,1H3,(H,20,26)(H,21,23). The van der Waals surface area contributed by atoms with Crippen molar-refractivity contribution in [3.8, 4) is 0 Å². The quantitative estimate of drug-likeness (QED) is 0.757. The van der Waals surface area contributed by atoms with Crippen LogP contribution >= 0.6 is 0 Å². The first-order chi connectivity index (χ1) is 12.7. The van der Waals surface area contributed by atoms with Crippen molar-refractivity contribution in [1.82, 2.24) is 19.9 Å². The van der Waals surface area contributed by atoms with E-state index in [0.717, 1.165) is 30.1 Å². The van der Waals surface area contributed by atoms with Gasteiger partial charge in [-0.3, -0.25) is 4.79 Å². The highest BCUT2D eigenvalue weighted by Gasteiger charge is 2.16. The molecule has 3 heterocycles.